The van der Waals surface area contributed by atoms with E-state index in [1.807, 2.05) is 7.05 Å². The maximum Gasteiger partial charge on any atom is 0.308 e. The van der Waals surface area contributed by atoms with Gasteiger partial charge in [0.2, 0.25) is 5.82 Å². The zero-order chi connectivity index (χ0) is 17.0. The fourth-order valence-electron chi connectivity index (χ4n) is 3.13. The SMILES string of the molecule is COC(=O)[C@H]1CC[C@@H](N(C)Cc2ccc([N+](=O)[O-])c(F)c2)CC1. The molecule has 2 rings (SSSR count). The standard InChI is InChI=1S/C16H21FN2O4/c1-18(13-6-4-12(5-7-13)16(20)23-2)10-11-3-8-15(19(21)22)14(17)9-11/h3,8-9,12-13H,4-7,10H2,1-2H3/t12-,13+. The van der Waals surface area contributed by atoms with Gasteiger partial charge in [0.25, 0.3) is 0 Å². The number of nitrogens with zero attached hydrogens (tertiary/aromatic N) is 2. The molecule has 1 aliphatic carbocycles. The van der Waals surface area contributed by atoms with Gasteiger partial charge < -0.3 is 4.74 Å². The highest BCUT2D eigenvalue weighted by Gasteiger charge is 2.28. The third kappa shape index (κ3) is 4.25. The third-order valence-electron chi connectivity index (χ3n) is 4.50. The Kier molecular flexibility index (Phi) is 5.65. The minimum absolute atomic E-state index is 0.0264. The summed E-state index contributed by atoms with van der Waals surface area (Å²) in [4.78, 5) is 23.5. The minimum atomic E-state index is -0.810. The highest BCUT2D eigenvalue weighted by Crippen LogP contribution is 2.29. The predicted molar refractivity (Wildman–Crippen MR) is 82.3 cm³/mol. The van der Waals surface area contributed by atoms with Crippen LogP contribution in [-0.4, -0.2) is 36.0 Å². The van der Waals surface area contributed by atoms with Crippen LogP contribution in [0.4, 0.5) is 10.1 Å². The first-order valence-electron chi connectivity index (χ1n) is 7.63. The summed E-state index contributed by atoms with van der Waals surface area (Å²) in [5.74, 6) is -0.986. The molecule has 0 amide bonds. The second-order valence-corrected chi connectivity index (χ2v) is 5.99. The maximum atomic E-state index is 13.7. The molecule has 0 aromatic heterocycles. The van der Waals surface area contributed by atoms with Crippen LogP contribution < -0.4 is 0 Å². The summed E-state index contributed by atoms with van der Waals surface area (Å²) in [6, 6.07) is 4.31. The number of halogens is 1. The molecular formula is C16H21FN2O4. The van der Waals surface area contributed by atoms with Crippen LogP contribution in [0.15, 0.2) is 18.2 Å². The average Bonchev–Trinajstić information content (AvgIpc) is 2.54. The van der Waals surface area contributed by atoms with E-state index in [-0.39, 0.29) is 11.9 Å². The lowest BCUT2D eigenvalue weighted by atomic mass is 9.85. The molecule has 0 atom stereocenters. The molecular weight excluding hydrogens is 303 g/mol. The van der Waals surface area contributed by atoms with Gasteiger partial charge in [-0.2, -0.15) is 4.39 Å². The molecule has 23 heavy (non-hydrogen) atoms. The van der Waals surface area contributed by atoms with E-state index in [1.165, 1.54) is 19.2 Å². The second kappa shape index (κ2) is 7.50. The number of ether oxygens (including phenoxy) is 1. The number of benzene rings is 1. The minimum Gasteiger partial charge on any atom is -0.469 e. The van der Waals surface area contributed by atoms with Crippen molar-refractivity contribution in [2.45, 2.75) is 38.3 Å². The molecule has 0 spiro atoms. The first-order chi connectivity index (χ1) is 10.9. The maximum absolute atomic E-state index is 13.7. The second-order valence-electron chi connectivity index (χ2n) is 5.99. The number of nitro groups is 1. The van der Waals surface area contributed by atoms with Gasteiger partial charge in [-0.1, -0.05) is 6.07 Å². The van der Waals surface area contributed by atoms with E-state index < -0.39 is 16.4 Å². The zero-order valence-electron chi connectivity index (χ0n) is 13.3. The fraction of sp³-hybridized carbons (Fsp3) is 0.562. The Hall–Kier alpha value is -2.02. The van der Waals surface area contributed by atoms with Crippen molar-refractivity contribution in [1.82, 2.24) is 4.90 Å². The van der Waals surface area contributed by atoms with Crippen LogP contribution in [-0.2, 0) is 16.1 Å². The first-order valence-corrected chi connectivity index (χ1v) is 7.63. The lowest BCUT2D eigenvalue weighted by molar-refractivity contribution is -0.387. The molecule has 1 aliphatic rings. The zero-order valence-corrected chi connectivity index (χ0v) is 13.3. The van der Waals surface area contributed by atoms with Crippen LogP contribution in [0.1, 0.15) is 31.2 Å². The van der Waals surface area contributed by atoms with Gasteiger partial charge in [0, 0.05) is 18.7 Å². The number of rotatable bonds is 5. The Labute approximate surface area is 134 Å². The number of esters is 1. The molecule has 1 saturated carbocycles. The molecule has 1 aromatic carbocycles. The van der Waals surface area contributed by atoms with Crippen molar-refractivity contribution in [2.24, 2.45) is 5.92 Å². The van der Waals surface area contributed by atoms with Crippen molar-refractivity contribution >= 4 is 11.7 Å². The predicted octanol–water partition coefficient (Wildman–Crippen LogP) is 2.90. The summed E-state index contributed by atoms with van der Waals surface area (Å²) in [5.41, 5.74) is 0.195. The van der Waals surface area contributed by atoms with Crippen LogP contribution in [0.5, 0.6) is 0 Å². The Morgan fingerprint density at radius 1 is 1.39 bits per heavy atom. The van der Waals surface area contributed by atoms with Crippen LogP contribution in [0.3, 0.4) is 0 Å². The van der Waals surface area contributed by atoms with Crippen molar-refractivity contribution < 1.29 is 18.8 Å². The summed E-state index contributed by atoms with van der Waals surface area (Å²) < 4.78 is 18.4. The molecule has 0 unspecified atom stereocenters. The Bertz CT molecular complexity index is 585. The number of carbonyl (C=O) groups is 1. The highest BCUT2D eigenvalue weighted by atomic mass is 19.1. The van der Waals surface area contributed by atoms with Gasteiger partial charge in [0.05, 0.1) is 18.0 Å². The molecule has 0 N–H and O–H groups in total. The fourth-order valence-corrected chi connectivity index (χ4v) is 3.13. The van der Waals surface area contributed by atoms with Crippen LogP contribution in [0.25, 0.3) is 0 Å². The lowest BCUT2D eigenvalue weighted by Crippen LogP contribution is -2.36. The number of hydrogen-bond donors (Lipinski definition) is 0. The average molecular weight is 324 g/mol. The normalized spacial score (nSPS) is 21.2. The summed E-state index contributed by atoms with van der Waals surface area (Å²) in [7, 11) is 3.35. The Morgan fingerprint density at radius 2 is 2.04 bits per heavy atom. The molecule has 7 heteroatoms. The molecule has 6 nitrogen and oxygen atoms in total. The van der Waals surface area contributed by atoms with E-state index in [0.717, 1.165) is 25.7 Å². The quantitative estimate of drug-likeness (QED) is 0.473. The van der Waals surface area contributed by atoms with Gasteiger partial charge >= 0.3 is 11.7 Å². The Balaban J connectivity index is 1.93. The summed E-state index contributed by atoms with van der Waals surface area (Å²) in [5, 5.41) is 10.6. The molecule has 0 aliphatic heterocycles. The molecule has 1 fully saturated rings. The summed E-state index contributed by atoms with van der Waals surface area (Å²) in [6.07, 6.45) is 3.34. The lowest BCUT2D eigenvalue weighted by Gasteiger charge is -2.33. The van der Waals surface area contributed by atoms with Crippen molar-refractivity contribution in [3.05, 3.63) is 39.7 Å². The van der Waals surface area contributed by atoms with Crippen LogP contribution in [0.2, 0.25) is 0 Å². The third-order valence-corrected chi connectivity index (χ3v) is 4.50. The number of nitro benzene ring substituents is 1. The molecule has 1 aromatic rings. The number of carbonyl (C=O) groups excluding carboxylic acids is 1. The molecule has 126 valence electrons. The van der Waals surface area contributed by atoms with Crippen molar-refractivity contribution in [1.29, 1.82) is 0 Å². The van der Waals surface area contributed by atoms with Crippen LogP contribution >= 0.6 is 0 Å². The van der Waals surface area contributed by atoms with E-state index in [1.54, 1.807) is 6.07 Å². The summed E-state index contributed by atoms with van der Waals surface area (Å²) in [6.45, 7) is 0.516. The van der Waals surface area contributed by atoms with E-state index in [4.69, 9.17) is 4.74 Å². The number of hydrogen-bond acceptors (Lipinski definition) is 5. The van der Waals surface area contributed by atoms with Crippen molar-refractivity contribution in [3.63, 3.8) is 0 Å². The van der Waals surface area contributed by atoms with Crippen LogP contribution in [0, 0.1) is 21.8 Å². The van der Waals surface area contributed by atoms with Gasteiger partial charge in [-0.25, -0.2) is 0 Å². The van der Waals surface area contributed by atoms with Gasteiger partial charge in [0.15, 0.2) is 0 Å². The van der Waals surface area contributed by atoms with Gasteiger partial charge in [0.1, 0.15) is 0 Å². The summed E-state index contributed by atoms with van der Waals surface area (Å²) >= 11 is 0. The van der Waals surface area contributed by atoms with Gasteiger partial charge in [-0.15, -0.1) is 0 Å². The largest absolute Gasteiger partial charge is 0.469 e. The van der Waals surface area contributed by atoms with Gasteiger partial charge in [-0.05, 0) is 44.4 Å². The van der Waals surface area contributed by atoms with Crippen molar-refractivity contribution in [3.8, 4) is 0 Å². The monoisotopic (exact) mass is 324 g/mol. The molecule has 0 bridgehead atoms. The molecule has 0 radical (unpaired) electrons. The molecule has 0 saturated heterocycles. The first kappa shape index (κ1) is 17.3. The van der Waals surface area contributed by atoms with E-state index in [2.05, 4.69) is 4.90 Å². The van der Waals surface area contributed by atoms with Crippen molar-refractivity contribution in [2.75, 3.05) is 14.2 Å². The van der Waals surface area contributed by atoms with Gasteiger partial charge in [-0.3, -0.25) is 19.8 Å². The Morgan fingerprint density at radius 3 is 2.57 bits per heavy atom. The smallest absolute Gasteiger partial charge is 0.308 e. The van der Waals surface area contributed by atoms with E-state index in [0.29, 0.717) is 18.2 Å². The van der Waals surface area contributed by atoms with E-state index >= 15 is 0 Å². The molecule has 0 heterocycles. The highest BCUT2D eigenvalue weighted by molar-refractivity contribution is 5.72. The van der Waals surface area contributed by atoms with E-state index in [9.17, 15) is 19.3 Å². The topological polar surface area (TPSA) is 72.7 Å². The number of methoxy groups -OCH3 is 1.